The number of ether oxygens (including phenoxy) is 1. The molecule has 98 valence electrons. The Morgan fingerprint density at radius 3 is 3.11 bits per heavy atom. The number of thioether (sulfide) groups is 1. The fraction of sp³-hybridized carbons (Fsp3) is 0.571. The molecule has 1 spiro atoms. The minimum atomic E-state index is -0.255. The van der Waals surface area contributed by atoms with E-state index in [4.69, 9.17) is 10.5 Å². The first-order chi connectivity index (χ1) is 8.61. The van der Waals surface area contributed by atoms with Crippen LogP contribution in [0.25, 0.3) is 0 Å². The molecule has 2 aliphatic rings. The van der Waals surface area contributed by atoms with Gasteiger partial charge in [-0.05, 0) is 31.6 Å². The van der Waals surface area contributed by atoms with Crippen molar-refractivity contribution in [2.45, 2.75) is 43.1 Å². The molecule has 2 nitrogen and oxygen atoms in total. The van der Waals surface area contributed by atoms with Gasteiger partial charge in [-0.15, -0.1) is 0 Å². The van der Waals surface area contributed by atoms with Gasteiger partial charge in [0.1, 0.15) is 17.2 Å². The molecule has 0 aliphatic carbocycles. The Kier molecular flexibility index (Phi) is 3.02. The Bertz CT molecular complexity index is 467. The molecule has 2 heterocycles. The molecule has 1 fully saturated rings. The highest BCUT2D eigenvalue weighted by Crippen LogP contribution is 2.47. The normalized spacial score (nSPS) is 35.1. The first-order valence-electron chi connectivity index (χ1n) is 6.46. The third-order valence-electron chi connectivity index (χ3n) is 4.11. The summed E-state index contributed by atoms with van der Waals surface area (Å²) in [7, 11) is 0. The van der Waals surface area contributed by atoms with E-state index in [1.807, 2.05) is 11.8 Å². The highest BCUT2D eigenvalue weighted by molar-refractivity contribution is 8.00. The van der Waals surface area contributed by atoms with Crippen molar-refractivity contribution >= 4 is 11.8 Å². The second kappa shape index (κ2) is 4.42. The smallest absolute Gasteiger partial charge is 0.127 e. The van der Waals surface area contributed by atoms with E-state index in [-0.39, 0.29) is 17.5 Å². The molecule has 3 atom stereocenters. The minimum absolute atomic E-state index is 0.0458. The van der Waals surface area contributed by atoms with Crippen molar-refractivity contribution in [2.75, 3.05) is 5.75 Å². The van der Waals surface area contributed by atoms with Gasteiger partial charge in [-0.25, -0.2) is 4.39 Å². The van der Waals surface area contributed by atoms with Crippen molar-refractivity contribution in [3.05, 3.63) is 29.6 Å². The summed E-state index contributed by atoms with van der Waals surface area (Å²) in [5.74, 6) is 1.56. The van der Waals surface area contributed by atoms with Gasteiger partial charge in [0.25, 0.3) is 0 Å². The SMILES string of the molecule is CC1SCCCC12CC(N)c1ccc(F)cc1O2. The molecule has 1 aromatic carbocycles. The van der Waals surface area contributed by atoms with Crippen LogP contribution >= 0.6 is 11.8 Å². The number of hydrogen-bond donors (Lipinski definition) is 1. The van der Waals surface area contributed by atoms with Crippen LogP contribution in [0.2, 0.25) is 0 Å². The lowest BCUT2D eigenvalue weighted by atomic mass is 9.82. The van der Waals surface area contributed by atoms with Crippen LogP contribution in [-0.2, 0) is 0 Å². The fourth-order valence-electron chi connectivity index (χ4n) is 3.03. The van der Waals surface area contributed by atoms with Crippen LogP contribution in [-0.4, -0.2) is 16.6 Å². The number of rotatable bonds is 0. The Morgan fingerprint density at radius 1 is 1.50 bits per heavy atom. The summed E-state index contributed by atoms with van der Waals surface area (Å²) in [5, 5.41) is 0.411. The van der Waals surface area contributed by atoms with Crippen molar-refractivity contribution in [3.8, 4) is 5.75 Å². The summed E-state index contributed by atoms with van der Waals surface area (Å²) >= 11 is 1.93. The van der Waals surface area contributed by atoms with Crippen LogP contribution in [0.15, 0.2) is 18.2 Å². The van der Waals surface area contributed by atoms with Crippen molar-refractivity contribution in [3.63, 3.8) is 0 Å². The average Bonchev–Trinajstić information content (AvgIpc) is 2.32. The monoisotopic (exact) mass is 267 g/mol. The molecule has 1 saturated heterocycles. The van der Waals surface area contributed by atoms with Crippen LogP contribution in [0.4, 0.5) is 4.39 Å². The van der Waals surface area contributed by atoms with E-state index in [2.05, 4.69) is 6.92 Å². The molecule has 0 amide bonds. The Balaban J connectivity index is 1.99. The highest BCUT2D eigenvalue weighted by atomic mass is 32.2. The first kappa shape index (κ1) is 12.3. The van der Waals surface area contributed by atoms with E-state index < -0.39 is 0 Å². The maximum Gasteiger partial charge on any atom is 0.127 e. The van der Waals surface area contributed by atoms with Crippen LogP contribution in [0.3, 0.4) is 0 Å². The summed E-state index contributed by atoms with van der Waals surface area (Å²) in [4.78, 5) is 0. The number of nitrogens with two attached hydrogens (primary N) is 1. The van der Waals surface area contributed by atoms with E-state index in [1.165, 1.54) is 17.9 Å². The Morgan fingerprint density at radius 2 is 2.33 bits per heavy atom. The average molecular weight is 267 g/mol. The summed E-state index contributed by atoms with van der Waals surface area (Å²) < 4.78 is 19.5. The maximum atomic E-state index is 13.3. The molecule has 0 saturated carbocycles. The van der Waals surface area contributed by atoms with Gasteiger partial charge in [0.2, 0.25) is 0 Å². The fourth-order valence-corrected chi connectivity index (χ4v) is 4.26. The predicted octanol–water partition coefficient (Wildman–Crippen LogP) is 3.26. The van der Waals surface area contributed by atoms with Crippen molar-refractivity contribution < 1.29 is 9.13 Å². The molecule has 18 heavy (non-hydrogen) atoms. The van der Waals surface area contributed by atoms with Gasteiger partial charge in [-0.2, -0.15) is 11.8 Å². The van der Waals surface area contributed by atoms with Crippen molar-refractivity contribution in [1.82, 2.24) is 0 Å². The predicted molar refractivity (Wildman–Crippen MR) is 72.5 cm³/mol. The zero-order valence-corrected chi connectivity index (χ0v) is 11.3. The van der Waals surface area contributed by atoms with Gasteiger partial charge in [0.15, 0.2) is 0 Å². The number of benzene rings is 1. The molecule has 0 radical (unpaired) electrons. The molecule has 2 N–H and O–H groups in total. The molecule has 1 aromatic rings. The van der Waals surface area contributed by atoms with Gasteiger partial charge in [-0.1, -0.05) is 6.07 Å². The van der Waals surface area contributed by atoms with Crippen LogP contribution in [0.5, 0.6) is 5.75 Å². The van der Waals surface area contributed by atoms with Gasteiger partial charge in [0, 0.05) is 29.3 Å². The maximum absolute atomic E-state index is 13.3. The molecule has 0 bridgehead atoms. The van der Waals surface area contributed by atoms with Gasteiger partial charge in [0.05, 0.1) is 0 Å². The molecule has 3 rings (SSSR count). The quantitative estimate of drug-likeness (QED) is 0.783. The molecular formula is C14H18FNOS. The summed E-state index contributed by atoms with van der Waals surface area (Å²) in [6.07, 6.45) is 3.00. The van der Waals surface area contributed by atoms with Crippen molar-refractivity contribution in [1.29, 1.82) is 0 Å². The highest BCUT2D eigenvalue weighted by Gasteiger charge is 2.45. The van der Waals surface area contributed by atoms with Crippen LogP contribution in [0, 0.1) is 5.82 Å². The lowest BCUT2D eigenvalue weighted by molar-refractivity contribution is 0.0252. The topological polar surface area (TPSA) is 35.2 Å². The number of hydrogen-bond acceptors (Lipinski definition) is 3. The van der Waals surface area contributed by atoms with Gasteiger partial charge < -0.3 is 10.5 Å². The zero-order valence-electron chi connectivity index (χ0n) is 10.5. The molecule has 0 aromatic heterocycles. The second-order valence-electron chi connectivity index (χ2n) is 5.28. The summed E-state index contributed by atoms with van der Waals surface area (Å²) in [5.41, 5.74) is 6.98. The van der Waals surface area contributed by atoms with E-state index >= 15 is 0 Å². The van der Waals surface area contributed by atoms with E-state index in [1.54, 1.807) is 6.07 Å². The summed E-state index contributed by atoms with van der Waals surface area (Å²) in [6, 6.07) is 4.64. The first-order valence-corrected chi connectivity index (χ1v) is 7.51. The third-order valence-corrected chi connectivity index (χ3v) is 5.56. The van der Waals surface area contributed by atoms with Gasteiger partial charge in [-0.3, -0.25) is 0 Å². The zero-order chi connectivity index (χ0) is 12.8. The van der Waals surface area contributed by atoms with E-state index in [0.717, 1.165) is 24.8 Å². The lowest BCUT2D eigenvalue weighted by Crippen LogP contribution is -2.51. The lowest BCUT2D eigenvalue weighted by Gasteiger charge is -2.47. The summed E-state index contributed by atoms with van der Waals surface area (Å²) in [6.45, 7) is 2.20. The van der Waals surface area contributed by atoms with Crippen molar-refractivity contribution in [2.24, 2.45) is 5.73 Å². The minimum Gasteiger partial charge on any atom is -0.486 e. The van der Waals surface area contributed by atoms with Gasteiger partial charge >= 0.3 is 0 Å². The molecular weight excluding hydrogens is 249 g/mol. The third kappa shape index (κ3) is 1.91. The Hall–Kier alpha value is -0.740. The molecule has 3 unspecified atom stereocenters. The van der Waals surface area contributed by atoms with E-state index in [0.29, 0.717) is 11.0 Å². The molecule has 2 aliphatic heterocycles. The number of halogens is 1. The van der Waals surface area contributed by atoms with Crippen LogP contribution < -0.4 is 10.5 Å². The Labute approximate surface area is 111 Å². The molecule has 4 heteroatoms. The number of fused-ring (bicyclic) bond motifs is 1. The second-order valence-corrected chi connectivity index (χ2v) is 6.72. The van der Waals surface area contributed by atoms with E-state index in [9.17, 15) is 4.39 Å². The van der Waals surface area contributed by atoms with Crippen LogP contribution in [0.1, 0.15) is 37.8 Å². The standard InChI is InChI=1S/C14H18FNOS/c1-9-14(5-2-6-18-9)8-12(16)11-4-3-10(15)7-13(11)17-14/h3-4,7,9,12H,2,5-6,8,16H2,1H3. The largest absolute Gasteiger partial charge is 0.486 e.